The van der Waals surface area contributed by atoms with Gasteiger partial charge < -0.3 is 15.2 Å². The van der Waals surface area contributed by atoms with Crippen molar-refractivity contribution < 1.29 is 14.8 Å². The van der Waals surface area contributed by atoms with Crippen LogP contribution in [0, 0.1) is 17.0 Å². The van der Waals surface area contributed by atoms with Gasteiger partial charge in [0.15, 0.2) is 11.5 Å². The van der Waals surface area contributed by atoms with E-state index in [9.17, 15) is 15.2 Å². The van der Waals surface area contributed by atoms with Crippen molar-refractivity contribution in [1.29, 1.82) is 0 Å². The Bertz CT molecular complexity index is 696. The normalized spacial score (nSPS) is 10.3. The van der Waals surface area contributed by atoms with Crippen LogP contribution in [0.25, 0.3) is 0 Å². The van der Waals surface area contributed by atoms with Crippen molar-refractivity contribution in [2.45, 2.75) is 13.5 Å². The Morgan fingerprint density at radius 3 is 2.73 bits per heavy atom. The third-order valence-corrected chi connectivity index (χ3v) is 3.54. The van der Waals surface area contributed by atoms with Crippen molar-refractivity contribution in [2.75, 3.05) is 12.4 Å². The molecule has 0 heterocycles. The number of nitrogens with zero attached hydrogens (tertiary/aromatic N) is 1. The standard InChI is InChI=1S/C15H15ClN2O4/c1-9-6-11(18(20)21)7-12(16)14(9)17-8-10-4-3-5-13(22-2)15(10)19/h3-7,17,19H,8H2,1-2H3. The number of hydrogen-bond donors (Lipinski definition) is 2. The van der Waals surface area contributed by atoms with Gasteiger partial charge in [0, 0.05) is 24.2 Å². The molecule has 0 saturated carbocycles. The Hall–Kier alpha value is -2.47. The Labute approximate surface area is 132 Å². The van der Waals surface area contributed by atoms with E-state index in [1.807, 2.05) is 0 Å². The molecule has 0 aliphatic carbocycles. The second kappa shape index (κ2) is 6.53. The molecule has 2 aromatic carbocycles. The molecule has 2 rings (SSSR count). The summed E-state index contributed by atoms with van der Waals surface area (Å²) >= 11 is 6.09. The highest BCUT2D eigenvalue weighted by Crippen LogP contribution is 2.33. The lowest BCUT2D eigenvalue weighted by Crippen LogP contribution is -2.03. The first kappa shape index (κ1) is 15.9. The van der Waals surface area contributed by atoms with E-state index in [4.69, 9.17) is 16.3 Å². The van der Waals surface area contributed by atoms with E-state index in [1.165, 1.54) is 19.2 Å². The summed E-state index contributed by atoms with van der Waals surface area (Å²) in [5.74, 6) is 0.430. The van der Waals surface area contributed by atoms with Crippen LogP contribution in [0.1, 0.15) is 11.1 Å². The molecule has 0 amide bonds. The van der Waals surface area contributed by atoms with Crippen molar-refractivity contribution in [3.05, 3.63) is 56.6 Å². The van der Waals surface area contributed by atoms with Crippen molar-refractivity contribution in [3.63, 3.8) is 0 Å². The fraction of sp³-hybridized carbons (Fsp3) is 0.200. The second-order valence-corrected chi connectivity index (χ2v) is 5.11. The van der Waals surface area contributed by atoms with Gasteiger partial charge in [-0.2, -0.15) is 0 Å². The summed E-state index contributed by atoms with van der Waals surface area (Å²) in [6, 6.07) is 7.91. The number of aryl methyl sites for hydroxylation is 1. The number of halogens is 1. The van der Waals surface area contributed by atoms with E-state index in [0.717, 1.165) is 0 Å². The van der Waals surface area contributed by atoms with E-state index in [-0.39, 0.29) is 16.5 Å². The number of methoxy groups -OCH3 is 1. The summed E-state index contributed by atoms with van der Waals surface area (Å²) in [6.07, 6.45) is 0. The molecule has 0 saturated heterocycles. The number of phenols is 1. The minimum Gasteiger partial charge on any atom is -0.504 e. The first-order chi connectivity index (χ1) is 10.4. The van der Waals surface area contributed by atoms with Crippen LogP contribution in [0.3, 0.4) is 0 Å². The van der Waals surface area contributed by atoms with Crippen molar-refractivity contribution in [3.8, 4) is 11.5 Å². The molecule has 0 atom stereocenters. The quantitative estimate of drug-likeness (QED) is 0.644. The molecule has 0 aliphatic heterocycles. The lowest BCUT2D eigenvalue weighted by Gasteiger charge is -2.13. The van der Waals surface area contributed by atoms with Gasteiger partial charge in [0.25, 0.3) is 5.69 Å². The largest absolute Gasteiger partial charge is 0.504 e. The van der Waals surface area contributed by atoms with Gasteiger partial charge in [-0.15, -0.1) is 0 Å². The molecule has 0 aromatic heterocycles. The van der Waals surface area contributed by atoms with E-state index in [2.05, 4.69) is 5.32 Å². The highest BCUT2D eigenvalue weighted by atomic mass is 35.5. The Kier molecular flexibility index (Phi) is 4.72. The van der Waals surface area contributed by atoms with E-state index in [0.29, 0.717) is 29.1 Å². The molecule has 7 heteroatoms. The van der Waals surface area contributed by atoms with Gasteiger partial charge in [-0.05, 0) is 18.6 Å². The molecular formula is C15H15ClN2O4. The van der Waals surface area contributed by atoms with Gasteiger partial charge in [-0.25, -0.2) is 0 Å². The smallest absolute Gasteiger partial charge is 0.271 e. The van der Waals surface area contributed by atoms with Crippen LogP contribution in [0.5, 0.6) is 11.5 Å². The highest BCUT2D eigenvalue weighted by molar-refractivity contribution is 6.33. The summed E-state index contributed by atoms with van der Waals surface area (Å²) < 4.78 is 5.05. The number of phenolic OH excluding ortho intramolecular Hbond substituents is 1. The zero-order valence-electron chi connectivity index (χ0n) is 12.1. The first-order valence-corrected chi connectivity index (χ1v) is 6.85. The Morgan fingerprint density at radius 1 is 1.41 bits per heavy atom. The van der Waals surface area contributed by atoms with Crippen LogP contribution < -0.4 is 10.1 Å². The maximum Gasteiger partial charge on any atom is 0.271 e. The van der Waals surface area contributed by atoms with Gasteiger partial charge in [-0.3, -0.25) is 10.1 Å². The molecule has 0 fully saturated rings. The van der Waals surface area contributed by atoms with E-state index >= 15 is 0 Å². The van der Waals surface area contributed by atoms with Gasteiger partial charge in [0.2, 0.25) is 0 Å². The van der Waals surface area contributed by atoms with Crippen LogP contribution in [0.15, 0.2) is 30.3 Å². The Balaban J connectivity index is 2.24. The number of nitrogens with one attached hydrogen (secondary N) is 1. The number of rotatable bonds is 5. The number of aromatic hydroxyl groups is 1. The summed E-state index contributed by atoms with van der Waals surface area (Å²) in [4.78, 5) is 10.3. The molecule has 0 bridgehead atoms. The molecule has 116 valence electrons. The van der Waals surface area contributed by atoms with Crippen LogP contribution in [-0.2, 0) is 6.54 Å². The predicted molar refractivity (Wildman–Crippen MR) is 84.8 cm³/mol. The zero-order chi connectivity index (χ0) is 16.3. The molecular weight excluding hydrogens is 308 g/mol. The zero-order valence-corrected chi connectivity index (χ0v) is 12.8. The highest BCUT2D eigenvalue weighted by Gasteiger charge is 2.14. The van der Waals surface area contributed by atoms with Crippen LogP contribution in [0.4, 0.5) is 11.4 Å². The molecule has 6 nitrogen and oxygen atoms in total. The van der Waals surface area contributed by atoms with Crippen LogP contribution in [-0.4, -0.2) is 17.1 Å². The van der Waals surface area contributed by atoms with Gasteiger partial charge in [0.05, 0.1) is 22.7 Å². The lowest BCUT2D eigenvalue weighted by atomic mass is 10.1. The van der Waals surface area contributed by atoms with Gasteiger partial charge in [0.1, 0.15) is 0 Å². The minimum atomic E-state index is -0.490. The maximum atomic E-state index is 10.8. The van der Waals surface area contributed by atoms with Crippen LogP contribution >= 0.6 is 11.6 Å². The lowest BCUT2D eigenvalue weighted by molar-refractivity contribution is -0.384. The number of hydrogen-bond acceptors (Lipinski definition) is 5. The van der Waals surface area contributed by atoms with E-state index < -0.39 is 4.92 Å². The van der Waals surface area contributed by atoms with Gasteiger partial charge in [-0.1, -0.05) is 23.7 Å². The third-order valence-electron chi connectivity index (χ3n) is 3.24. The number of para-hydroxylation sites is 1. The summed E-state index contributed by atoms with van der Waals surface area (Å²) in [5.41, 5.74) is 1.82. The summed E-state index contributed by atoms with van der Waals surface area (Å²) in [5, 5.41) is 24.2. The second-order valence-electron chi connectivity index (χ2n) is 4.70. The van der Waals surface area contributed by atoms with Crippen molar-refractivity contribution >= 4 is 23.0 Å². The topological polar surface area (TPSA) is 84.6 Å². The van der Waals surface area contributed by atoms with Crippen molar-refractivity contribution in [1.82, 2.24) is 0 Å². The predicted octanol–water partition coefficient (Wildman–Crippen LogP) is 3.88. The Morgan fingerprint density at radius 2 is 2.14 bits per heavy atom. The number of benzene rings is 2. The number of non-ortho nitro benzene ring substituents is 1. The van der Waals surface area contributed by atoms with Gasteiger partial charge >= 0.3 is 0 Å². The summed E-state index contributed by atoms with van der Waals surface area (Å²) in [6.45, 7) is 2.04. The molecule has 0 unspecified atom stereocenters. The van der Waals surface area contributed by atoms with E-state index in [1.54, 1.807) is 25.1 Å². The number of ether oxygens (including phenoxy) is 1. The molecule has 22 heavy (non-hydrogen) atoms. The molecule has 0 radical (unpaired) electrons. The SMILES string of the molecule is COc1cccc(CNc2c(C)cc([N+](=O)[O-])cc2Cl)c1O. The van der Waals surface area contributed by atoms with Crippen LogP contribution in [0.2, 0.25) is 5.02 Å². The first-order valence-electron chi connectivity index (χ1n) is 6.47. The molecule has 0 spiro atoms. The maximum absolute atomic E-state index is 10.8. The average molecular weight is 323 g/mol. The fourth-order valence-corrected chi connectivity index (χ4v) is 2.44. The fourth-order valence-electron chi connectivity index (χ4n) is 2.11. The minimum absolute atomic E-state index is 0.0492. The molecule has 2 N–H and O–H groups in total. The number of nitro benzene ring substituents is 1. The van der Waals surface area contributed by atoms with Crippen molar-refractivity contribution in [2.24, 2.45) is 0 Å². The summed E-state index contributed by atoms with van der Waals surface area (Å²) in [7, 11) is 1.48. The molecule has 2 aromatic rings. The molecule has 0 aliphatic rings. The third kappa shape index (κ3) is 3.23. The number of anilines is 1. The number of nitro groups is 1. The monoisotopic (exact) mass is 322 g/mol. The average Bonchev–Trinajstić information content (AvgIpc) is 2.47.